The van der Waals surface area contributed by atoms with Gasteiger partial charge in [-0.15, -0.1) is 0 Å². The van der Waals surface area contributed by atoms with E-state index in [0.717, 1.165) is 6.42 Å². The highest BCUT2D eigenvalue weighted by atomic mass is 16.5. The molecule has 0 unspecified atom stereocenters. The van der Waals surface area contributed by atoms with Crippen molar-refractivity contribution in [2.24, 2.45) is 5.11 Å². The molecule has 1 aromatic heterocycles. The third kappa shape index (κ3) is 2.29. The molecule has 0 bridgehead atoms. The molecule has 1 aliphatic rings. The summed E-state index contributed by atoms with van der Waals surface area (Å²) in [5.41, 5.74) is 7.48. The molecule has 0 radical (unpaired) electrons. The number of ether oxygens (including phenoxy) is 1. The zero-order chi connectivity index (χ0) is 13.1. The molecule has 1 aromatic rings. The summed E-state index contributed by atoms with van der Waals surface area (Å²) in [6, 6.07) is 0.792. The van der Waals surface area contributed by atoms with Gasteiger partial charge in [-0.25, -0.2) is 4.79 Å². The van der Waals surface area contributed by atoms with Crippen LogP contribution < -0.4 is 11.2 Å². The lowest BCUT2D eigenvalue weighted by Crippen LogP contribution is -2.34. The summed E-state index contributed by atoms with van der Waals surface area (Å²) in [4.78, 5) is 27.6. The second-order valence-electron chi connectivity index (χ2n) is 4.08. The molecule has 2 rings (SSSR count). The van der Waals surface area contributed by atoms with E-state index >= 15 is 0 Å². The number of H-pyrrole nitrogens is 1. The fourth-order valence-electron chi connectivity index (χ4n) is 2.04. The van der Waals surface area contributed by atoms with Crippen LogP contribution in [-0.2, 0) is 4.74 Å². The van der Waals surface area contributed by atoms with Crippen LogP contribution in [0.5, 0.6) is 0 Å². The van der Waals surface area contributed by atoms with Gasteiger partial charge in [0.25, 0.3) is 5.56 Å². The van der Waals surface area contributed by atoms with Crippen LogP contribution in [0.4, 0.5) is 0 Å². The first-order chi connectivity index (χ1) is 8.65. The lowest BCUT2D eigenvalue weighted by molar-refractivity contribution is -0.00654. The minimum absolute atomic E-state index is 0.0515. The number of aromatic amines is 1. The highest BCUT2D eigenvalue weighted by molar-refractivity contribution is 4.91. The molecule has 0 saturated carbocycles. The van der Waals surface area contributed by atoms with Gasteiger partial charge >= 0.3 is 5.69 Å². The summed E-state index contributed by atoms with van der Waals surface area (Å²) < 4.78 is 6.91. The fraction of sp³-hybridized carbons (Fsp3) is 0.600. The van der Waals surface area contributed by atoms with Gasteiger partial charge in [0.05, 0.1) is 12.1 Å². The summed E-state index contributed by atoms with van der Waals surface area (Å²) >= 11 is 0. The van der Waals surface area contributed by atoms with Crippen LogP contribution in [0.3, 0.4) is 0 Å². The Morgan fingerprint density at radius 2 is 2.44 bits per heavy atom. The fourth-order valence-corrected chi connectivity index (χ4v) is 2.04. The van der Waals surface area contributed by atoms with E-state index in [1.807, 2.05) is 6.92 Å². The zero-order valence-electron chi connectivity index (χ0n) is 9.81. The predicted molar refractivity (Wildman–Crippen MR) is 63.1 cm³/mol. The topological polar surface area (TPSA) is 113 Å². The molecular formula is C10H13N5O3. The van der Waals surface area contributed by atoms with Crippen LogP contribution in [0.2, 0.25) is 0 Å². The van der Waals surface area contributed by atoms with E-state index in [9.17, 15) is 9.59 Å². The van der Waals surface area contributed by atoms with Crippen molar-refractivity contribution >= 4 is 0 Å². The Morgan fingerprint density at radius 3 is 3.06 bits per heavy atom. The second-order valence-corrected chi connectivity index (χ2v) is 4.08. The maximum absolute atomic E-state index is 11.7. The molecule has 0 spiro atoms. The van der Waals surface area contributed by atoms with Gasteiger partial charge in [-0.3, -0.25) is 14.3 Å². The SMILES string of the molecule is CC[C@@H]1C[C@H](N=[N+]=[N-])[C@H](n2ccc(=O)[nH]c2=O)O1. The highest BCUT2D eigenvalue weighted by Gasteiger charge is 2.35. The van der Waals surface area contributed by atoms with Crippen molar-refractivity contribution in [3.63, 3.8) is 0 Å². The Morgan fingerprint density at radius 1 is 1.67 bits per heavy atom. The monoisotopic (exact) mass is 251 g/mol. The van der Waals surface area contributed by atoms with Crippen molar-refractivity contribution in [1.29, 1.82) is 0 Å². The Balaban J connectivity index is 2.38. The number of nitrogens with zero attached hydrogens (tertiary/aromatic N) is 4. The van der Waals surface area contributed by atoms with Crippen molar-refractivity contribution in [3.8, 4) is 0 Å². The lowest BCUT2D eigenvalue weighted by Gasteiger charge is -2.17. The quantitative estimate of drug-likeness (QED) is 0.489. The molecule has 18 heavy (non-hydrogen) atoms. The van der Waals surface area contributed by atoms with Crippen molar-refractivity contribution in [1.82, 2.24) is 9.55 Å². The predicted octanol–water partition coefficient (Wildman–Crippen LogP) is 0.913. The molecule has 0 aromatic carbocycles. The van der Waals surface area contributed by atoms with Crippen LogP contribution in [0.25, 0.3) is 10.4 Å². The van der Waals surface area contributed by atoms with Gasteiger partial charge in [-0.2, -0.15) is 0 Å². The minimum Gasteiger partial charge on any atom is -0.354 e. The van der Waals surface area contributed by atoms with E-state index in [4.69, 9.17) is 10.3 Å². The summed E-state index contributed by atoms with van der Waals surface area (Å²) in [6.07, 6.45) is 1.98. The van der Waals surface area contributed by atoms with E-state index in [1.54, 1.807) is 0 Å². The van der Waals surface area contributed by atoms with Crippen LogP contribution >= 0.6 is 0 Å². The van der Waals surface area contributed by atoms with Gasteiger partial charge in [0.1, 0.15) is 6.23 Å². The first-order valence-corrected chi connectivity index (χ1v) is 5.67. The van der Waals surface area contributed by atoms with Crippen molar-refractivity contribution in [3.05, 3.63) is 43.5 Å². The third-order valence-electron chi connectivity index (χ3n) is 2.95. The summed E-state index contributed by atoms with van der Waals surface area (Å²) in [5, 5.41) is 3.65. The van der Waals surface area contributed by atoms with Gasteiger partial charge < -0.3 is 4.74 Å². The maximum Gasteiger partial charge on any atom is 0.330 e. The van der Waals surface area contributed by atoms with Crippen molar-refractivity contribution in [2.75, 3.05) is 0 Å². The molecule has 0 amide bonds. The Bertz CT molecular complexity index is 586. The Hall–Kier alpha value is -2.05. The van der Waals surface area contributed by atoms with Gasteiger partial charge in [0, 0.05) is 17.2 Å². The number of azide groups is 1. The molecule has 1 saturated heterocycles. The Labute approximate surface area is 102 Å². The van der Waals surface area contributed by atoms with Gasteiger partial charge in [-0.1, -0.05) is 12.0 Å². The molecule has 2 heterocycles. The van der Waals surface area contributed by atoms with E-state index in [0.29, 0.717) is 6.42 Å². The van der Waals surface area contributed by atoms with Crippen LogP contribution in [0.15, 0.2) is 27.0 Å². The number of rotatable bonds is 3. The summed E-state index contributed by atoms with van der Waals surface area (Å²) in [7, 11) is 0. The van der Waals surface area contributed by atoms with E-state index in [2.05, 4.69) is 15.0 Å². The number of hydrogen-bond donors (Lipinski definition) is 1. The van der Waals surface area contributed by atoms with E-state index in [-0.39, 0.29) is 6.10 Å². The molecule has 1 fully saturated rings. The first kappa shape index (κ1) is 12.4. The second kappa shape index (κ2) is 5.07. The molecule has 1 N–H and O–H groups in total. The summed E-state index contributed by atoms with van der Waals surface area (Å²) in [6.45, 7) is 1.95. The minimum atomic E-state index is -0.657. The average molecular weight is 251 g/mol. The molecular weight excluding hydrogens is 238 g/mol. The van der Waals surface area contributed by atoms with Gasteiger partial charge in [-0.05, 0) is 18.4 Å². The van der Waals surface area contributed by atoms with E-state index in [1.165, 1.54) is 16.8 Å². The van der Waals surface area contributed by atoms with Crippen LogP contribution in [-0.4, -0.2) is 21.7 Å². The summed E-state index contributed by atoms with van der Waals surface area (Å²) in [5.74, 6) is 0. The number of nitrogens with one attached hydrogen (secondary N) is 1. The highest BCUT2D eigenvalue weighted by Crippen LogP contribution is 2.31. The molecule has 1 aliphatic heterocycles. The van der Waals surface area contributed by atoms with Gasteiger partial charge in [0.2, 0.25) is 0 Å². The smallest absolute Gasteiger partial charge is 0.330 e. The van der Waals surface area contributed by atoms with Crippen LogP contribution in [0.1, 0.15) is 26.0 Å². The molecule has 3 atom stereocenters. The number of aromatic nitrogens is 2. The third-order valence-corrected chi connectivity index (χ3v) is 2.95. The lowest BCUT2D eigenvalue weighted by atomic mass is 10.1. The molecule has 96 valence electrons. The standard InChI is InChI=1S/C10H13N5O3/c1-2-6-5-7(13-14-11)9(18-6)15-4-3-8(16)12-10(15)17/h3-4,6-7,9H,2,5H2,1H3,(H,12,16,17)/t6-,7+,9-/m1/s1. The van der Waals surface area contributed by atoms with E-state index < -0.39 is 23.5 Å². The Kier molecular flexibility index (Phi) is 3.50. The van der Waals surface area contributed by atoms with Crippen molar-refractivity contribution in [2.45, 2.75) is 38.1 Å². The maximum atomic E-state index is 11.7. The van der Waals surface area contributed by atoms with Gasteiger partial charge in [0.15, 0.2) is 0 Å². The molecule has 8 heteroatoms. The first-order valence-electron chi connectivity index (χ1n) is 5.67. The normalized spacial score (nSPS) is 26.8. The van der Waals surface area contributed by atoms with Crippen molar-refractivity contribution < 1.29 is 4.74 Å². The molecule has 0 aliphatic carbocycles. The number of hydrogen-bond acceptors (Lipinski definition) is 4. The van der Waals surface area contributed by atoms with Crippen LogP contribution in [0, 0.1) is 0 Å². The zero-order valence-corrected chi connectivity index (χ0v) is 9.81. The average Bonchev–Trinajstić information content (AvgIpc) is 2.73. The largest absolute Gasteiger partial charge is 0.354 e. The molecule has 8 nitrogen and oxygen atoms in total.